The predicted molar refractivity (Wildman–Crippen MR) is 228 cm³/mol. The molecular weight excluding hydrogens is 661 g/mol. The highest BCUT2D eigenvalue weighted by molar-refractivity contribution is 7.26. The van der Waals surface area contributed by atoms with Crippen LogP contribution < -0.4 is 0 Å². The van der Waals surface area contributed by atoms with E-state index < -0.39 is 0 Å². The van der Waals surface area contributed by atoms with E-state index in [1.165, 1.54) is 96.6 Å². The molecule has 0 amide bonds. The molecule has 53 heavy (non-hydrogen) atoms. The lowest BCUT2D eigenvalue weighted by Gasteiger charge is -2.17. The third-order valence-electron chi connectivity index (χ3n) is 11.0. The molecule has 0 saturated heterocycles. The standard InChI is InChI=1S/C51H32OS/c1-31-26-29-45(52-31)50-41-22-11-9-20-39(41)49(40-21-10-12-23-42(40)50)44-25-13-24-43-34-28-27-33(30-46(34)53-51(43)44)48-37-18-7-5-16-35(37)47(32-14-3-2-4-15-32)36-17-6-8-19-38(36)48/h2-30H,1H3. The molecule has 248 valence electrons. The van der Waals surface area contributed by atoms with Crippen LogP contribution in [-0.2, 0) is 0 Å². The Morgan fingerprint density at radius 1 is 0.358 bits per heavy atom. The zero-order valence-electron chi connectivity index (χ0n) is 29.1. The number of thiophene rings is 1. The van der Waals surface area contributed by atoms with Gasteiger partial charge in [0.15, 0.2) is 0 Å². The Bertz CT molecular complexity index is 3120. The van der Waals surface area contributed by atoms with Crippen molar-refractivity contribution < 1.29 is 4.42 Å². The monoisotopic (exact) mass is 692 g/mol. The van der Waals surface area contributed by atoms with E-state index in [-0.39, 0.29) is 0 Å². The van der Waals surface area contributed by atoms with E-state index in [4.69, 9.17) is 4.42 Å². The van der Waals surface area contributed by atoms with Gasteiger partial charge >= 0.3 is 0 Å². The number of hydrogen-bond acceptors (Lipinski definition) is 2. The molecule has 0 atom stereocenters. The summed E-state index contributed by atoms with van der Waals surface area (Å²) in [6.45, 7) is 2.01. The summed E-state index contributed by atoms with van der Waals surface area (Å²) in [6.07, 6.45) is 0. The number of benzene rings is 9. The predicted octanol–water partition coefficient (Wildman–Crippen LogP) is 15.2. The van der Waals surface area contributed by atoms with Crippen LogP contribution in [-0.4, -0.2) is 0 Å². The molecule has 2 heterocycles. The van der Waals surface area contributed by atoms with Crippen molar-refractivity contribution in [2.45, 2.75) is 6.92 Å². The molecule has 0 aliphatic rings. The van der Waals surface area contributed by atoms with Crippen LogP contribution in [0.4, 0.5) is 0 Å². The van der Waals surface area contributed by atoms with Crippen molar-refractivity contribution in [2.75, 3.05) is 0 Å². The molecule has 0 aliphatic carbocycles. The Morgan fingerprint density at radius 2 is 0.849 bits per heavy atom. The lowest BCUT2D eigenvalue weighted by molar-refractivity contribution is 0.549. The summed E-state index contributed by atoms with van der Waals surface area (Å²) in [5.74, 6) is 1.82. The summed E-state index contributed by atoms with van der Waals surface area (Å²) in [4.78, 5) is 0. The van der Waals surface area contributed by atoms with Gasteiger partial charge in [0.2, 0.25) is 0 Å². The molecule has 0 unspecified atom stereocenters. The Kier molecular flexibility index (Phi) is 6.71. The van der Waals surface area contributed by atoms with Crippen LogP contribution in [0.15, 0.2) is 180 Å². The van der Waals surface area contributed by atoms with Crippen molar-refractivity contribution in [3.05, 3.63) is 182 Å². The number of fused-ring (bicyclic) bond motifs is 7. The summed E-state index contributed by atoms with van der Waals surface area (Å²) in [5, 5.41) is 12.6. The maximum absolute atomic E-state index is 6.27. The van der Waals surface area contributed by atoms with E-state index in [9.17, 15) is 0 Å². The Balaban J connectivity index is 1.17. The van der Waals surface area contributed by atoms with Crippen LogP contribution in [0.1, 0.15) is 5.76 Å². The summed E-state index contributed by atoms with van der Waals surface area (Å²) < 4.78 is 8.88. The van der Waals surface area contributed by atoms with Gasteiger partial charge in [-0.1, -0.05) is 158 Å². The highest BCUT2D eigenvalue weighted by atomic mass is 32.1. The number of furan rings is 1. The number of rotatable bonds is 4. The highest BCUT2D eigenvalue weighted by Crippen LogP contribution is 2.49. The fourth-order valence-electron chi connectivity index (χ4n) is 8.76. The highest BCUT2D eigenvalue weighted by Gasteiger charge is 2.22. The third-order valence-corrected chi connectivity index (χ3v) is 12.2. The van der Waals surface area contributed by atoms with Gasteiger partial charge in [-0.25, -0.2) is 0 Å². The van der Waals surface area contributed by atoms with Crippen LogP contribution >= 0.6 is 11.3 Å². The zero-order valence-corrected chi connectivity index (χ0v) is 29.9. The summed E-state index contributed by atoms with van der Waals surface area (Å²) >= 11 is 1.91. The Hall–Kier alpha value is -6.48. The fraction of sp³-hybridized carbons (Fsp3) is 0.0196. The van der Waals surface area contributed by atoms with Gasteiger partial charge < -0.3 is 4.42 Å². The molecule has 11 aromatic rings. The second-order valence-corrected chi connectivity index (χ2v) is 15.0. The lowest BCUT2D eigenvalue weighted by Crippen LogP contribution is -1.90. The van der Waals surface area contributed by atoms with Crippen molar-refractivity contribution in [1.29, 1.82) is 0 Å². The van der Waals surface area contributed by atoms with E-state index in [2.05, 4.69) is 176 Å². The third kappa shape index (κ3) is 4.56. The lowest BCUT2D eigenvalue weighted by atomic mass is 9.86. The van der Waals surface area contributed by atoms with Crippen molar-refractivity contribution in [3.63, 3.8) is 0 Å². The molecule has 0 N–H and O–H groups in total. The zero-order chi connectivity index (χ0) is 35.0. The first-order valence-electron chi connectivity index (χ1n) is 18.2. The van der Waals surface area contributed by atoms with E-state index in [1.54, 1.807) is 0 Å². The molecule has 11 rings (SSSR count). The van der Waals surface area contributed by atoms with Crippen LogP contribution in [0.5, 0.6) is 0 Å². The van der Waals surface area contributed by atoms with Gasteiger partial charge in [0.25, 0.3) is 0 Å². The minimum atomic E-state index is 0.908. The minimum Gasteiger partial charge on any atom is -0.461 e. The largest absolute Gasteiger partial charge is 0.461 e. The summed E-state index contributed by atoms with van der Waals surface area (Å²) in [7, 11) is 0. The maximum atomic E-state index is 6.27. The van der Waals surface area contributed by atoms with Crippen LogP contribution in [0.25, 0.3) is 108 Å². The SMILES string of the molecule is Cc1ccc(-c2c3ccccc3c(-c3cccc4c3sc3cc(-c5c6ccccc6c(-c6ccccc6)c6ccccc56)ccc34)c3ccccc23)o1. The first-order valence-corrected chi connectivity index (χ1v) is 19.0. The minimum absolute atomic E-state index is 0.908. The molecule has 0 spiro atoms. The van der Waals surface area contributed by atoms with E-state index in [1.807, 2.05) is 18.3 Å². The average molecular weight is 693 g/mol. The first kappa shape index (κ1) is 30.2. The van der Waals surface area contributed by atoms with Gasteiger partial charge in [-0.15, -0.1) is 11.3 Å². The molecule has 0 radical (unpaired) electrons. The summed E-state index contributed by atoms with van der Waals surface area (Å²) in [6, 6.07) is 64.4. The normalized spacial score (nSPS) is 11.9. The van der Waals surface area contributed by atoms with Crippen LogP contribution in [0, 0.1) is 6.92 Å². The quantitative estimate of drug-likeness (QED) is 0.167. The van der Waals surface area contributed by atoms with Crippen molar-refractivity contribution in [1.82, 2.24) is 0 Å². The van der Waals surface area contributed by atoms with E-state index in [0.717, 1.165) is 17.1 Å². The van der Waals surface area contributed by atoms with Gasteiger partial charge in [0.1, 0.15) is 11.5 Å². The molecular formula is C51H32OS. The van der Waals surface area contributed by atoms with E-state index in [0.29, 0.717) is 0 Å². The molecule has 0 fully saturated rings. The molecule has 0 bridgehead atoms. The smallest absolute Gasteiger partial charge is 0.135 e. The van der Waals surface area contributed by atoms with Gasteiger partial charge in [0, 0.05) is 31.3 Å². The molecule has 2 heteroatoms. The second kappa shape index (κ2) is 11.8. The van der Waals surface area contributed by atoms with Gasteiger partial charge in [-0.05, 0) is 96.0 Å². The Morgan fingerprint density at radius 3 is 1.40 bits per heavy atom. The topological polar surface area (TPSA) is 13.1 Å². The molecule has 9 aromatic carbocycles. The van der Waals surface area contributed by atoms with Gasteiger partial charge in [-0.2, -0.15) is 0 Å². The first-order chi connectivity index (χ1) is 26.2. The van der Waals surface area contributed by atoms with Crippen molar-refractivity contribution in [2.24, 2.45) is 0 Å². The van der Waals surface area contributed by atoms with E-state index >= 15 is 0 Å². The summed E-state index contributed by atoms with van der Waals surface area (Å²) in [5.41, 5.74) is 8.76. The molecule has 1 nitrogen and oxygen atoms in total. The number of hydrogen-bond donors (Lipinski definition) is 0. The second-order valence-electron chi connectivity index (χ2n) is 14.0. The molecule has 0 aliphatic heterocycles. The maximum Gasteiger partial charge on any atom is 0.135 e. The molecule has 0 saturated carbocycles. The number of aryl methyl sites for hydroxylation is 1. The fourth-order valence-corrected chi connectivity index (χ4v) is 10.0. The molecule has 2 aromatic heterocycles. The average Bonchev–Trinajstić information content (AvgIpc) is 3.82. The van der Waals surface area contributed by atoms with Crippen molar-refractivity contribution >= 4 is 74.6 Å². The van der Waals surface area contributed by atoms with Crippen LogP contribution in [0.3, 0.4) is 0 Å². The van der Waals surface area contributed by atoms with Crippen molar-refractivity contribution in [3.8, 4) is 44.7 Å². The van der Waals surface area contributed by atoms with Gasteiger partial charge in [0.05, 0.1) is 0 Å². The van der Waals surface area contributed by atoms with Crippen LogP contribution in [0.2, 0.25) is 0 Å². The Labute approximate surface area is 311 Å². The van der Waals surface area contributed by atoms with Gasteiger partial charge in [-0.3, -0.25) is 0 Å².